The highest BCUT2D eigenvalue weighted by Gasteiger charge is 2.15. The van der Waals surface area contributed by atoms with Gasteiger partial charge in [0.05, 0.1) is 14.2 Å². The Morgan fingerprint density at radius 2 is 1.58 bits per heavy atom. The molecule has 1 aromatic heterocycles. The number of rotatable bonds is 20. The summed E-state index contributed by atoms with van der Waals surface area (Å²) in [6.45, 7) is 4.56. The molecule has 0 atom stereocenters. The normalized spacial score (nSPS) is 10.8. The molecule has 0 unspecified atom stereocenters. The molecule has 0 fully saturated rings. The van der Waals surface area contributed by atoms with Gasteiger partial charge in [0, 0.05) is 32.3 Å². The number of nitrogens with one attached hydrogen (secondary N) is 1. The van der Waals surface area contributed by atoms with Crippen LogP contribution in [0.3, 0.4) is 0 Å². The number of methoxy groups -OCH3 is 2. The number of benzene rings is 1. The molecule has 1 N–H and O–H groups in total. The minimum absolute atomic E-state index is 0.259. The summed E-state index contributed by atoms with van der Waals surface area (Å²) in [6.07, 6.45) is 15.3. The third-order valence-electron chi connectivity index (χ3n) is 6.49. The lowest BCUT2D eigenvalue weighted by atomic mass is 10.1. The predicted octanol–water partition coefficient (Wildman–Crippen LogP) is 7.24. The number of hydrogen-bond acceptors (Lipinski definition) is 5. The van der Waals surface area contributed by atoms with Gasteiger partial charge >= 0.3 is 0 Å². The fraction of sp³-hybridized carbons (Fsp3) is 0.600. The van der Waals surface area contributed by atoms with Crippen LogP contribution >= 0.6 is 0 Å². The number of carbonyl (C=O) groups excluding carboxylic acids is 1. The lowest BCUT2D eigenvalue weighted by Crippen LogP contribution is -2.31. The monoisotopic (exact) mass is 497 g/mol. The van der Waals surface area contributed by atoms with Crippen LogP contribution in [0, 0.1) is 0 Å². The maximum atomic E-state index is 13.1. The fourth-order valence-corrected chi connectivity index (χ4v) is 4.35. The quantitative estimate of drug-likeness (QED) is 0.195. The molecule has 2 rings (SSSR count). The molecular formula is C30H47N3O3. The zero-order valence-corrected chi connectivity index (χ0v) is 22.8. The number of ether oxygens (including phenoxy) is 2. The van der Waals surface area contributed by atoms with Gasteiger partial charge in [0.1, 0.15) is 5.82 Å². The van der Waals surface area contributed by atoms with Crippen LogP contribution < -0.4 is 14.8 Å². The van der Waals surface area contributed by atoms with E-state index in [-0.39, 0.29) is 5.91 Å². The SMILES string of the molecule is CCCCCCCCCC(=O)N(CCCCCCNc1ccccn1)Cc1ccc(OC)c(OC)c1. The third kappa shape index (κ3) is 11.8. The van der Waals surface area contributed by atoms with Crippen LogP contribution in [0.4, 0.5) is 5.82 Å². The predicted molar refractivity (Wildman–Crippen MR) is 149 cm³/mol. The van der Waals surface area contributed by atoms with E-state index in [1.54, 1.807) is 20.4 Å². The first kappa shape index (κ1) is 29.5. The summed E-state index contributed by atoms with van der Waals surface area (Å²) in [4.78, 5) is 19.5. The summed E-state index contributed by atoms with van der Waals surface area (Å²) in [5, 5.41) is 3.36. The molecule has 0 saturated heterocycles. The minimum Gasteiger partial charge on any atom is -0.493 e. The molecule has 0 saturated carbocycles. The molecule has 6 nitrogen and oxygen atoms in total. The summed E-state index contributed by atoms with van der Waals surface area (Å²) in [6, 6.07) is 11.8. The first-order valence-electron chi connectivity index (χ1n) is 13.8. The van der Waals surface area contributed by atoms with Crippen molar-refractivity contribution < 1.29 is 14.3 Å². The van der Waals surface area contributed by atoms with Crippen LogP contribution in [0.25, 0.3) is 0 Å². The Hall–Kier alpha value is -2.76. The molecule has 1 amide bonds. The summed E-state index contributed by atoms with van der Waals surface area (Å²) in [5.41, 5.74) is 1.07. The molecule has 2 aromatic rings. The standard InChI is InChI=1S/C30H47N3O3/c1-4-5-6-7-8-9-12-18-30(34)33(25-26-19-20-27(35-2)28(24-26)36-3)23-16-11-10-14-21-31-29-17-13-15-22-32-29/h13,15,17,19-20,22,24H,4-12,14,16,18,21,23,25H2,1-3H3,(H,31,32). The Morgan fingerprint density at radius 3 is 2.31 bits per heavy atom. The van der Waals surface area contributed by atoms with Gasteiger partial charge in [-0.25, -0.2) is 4.98 Å². The summed E-state index contributed by atoms with van der Waals surface area (Å²) in [7, 11) is 3.29. The minimum atomic E-state index is 0.259. The highest BCUT2D eigenvalue weighted by molar-refractivity contribution is 5.76. The van der Waals surface area contributed by atoms with Gasteiger partial charge in [-0.1, -0.05) is 70.4 Å². The second-order valence-electron chi connectivity index (χ2n) is 9.43. The zero-order chi connectivity index (χ0) is 25.8. The van der Waals surface area contributed by atoms with Crippen molar-refractivity contribution in [2.24, 2.45) is 0 Å². The first-order chi connectivity index (χ1) is 17.7. The van der Waals surface area contributed by atoms with E-state index in [1.807, 2.05) is 41.3 Å². The van der Waals surface area contributed by atoms with Gasteiger partial charge in [0.2, 0.25) is 5.91 Å². The summed E-state index contributed by atoms with van der Waals surface area (Å²) >= 11 is 0. The Kier molecular flexibility index (Phi) is 15.1. The molecule has 36 heavy (non-hydrogen) atoms. The molecule has 0 bridgehead atoms. The lowest BCUT2D eigenvalue weighted by molar-refractivity contribution is -0.132. The van der Waals surface area contributed by atoms with Gasteiger partial charge in [-0.05, 0) is 49.1 Å². The molecule has 0 aliphatic carbocycles. The smallest absolute Gasteiger partial charge is 0.222 e. The van der Waals surface area contributed by atoms with E-state index >= 15 is 0 Å². The van der Waals surface area contributed by atoms with Gasteiger partial charge in [-0.3, -0.25) is 4.79 Å². The van der Waals surface area contributed by atoms with Crippen LogP contribution in [-0.2, 0) is 11.3 Å². The van der Waals surface area contributed by atoms with E-state index in [9.17, 15) is 4.79 Å². The van der Waals surface area contributed by atoms with Crippen molar-refractivity contribution in [3.63, 3.8) is 0 Å². The van der Waals surface area contributed by atoms with Gasteiger partial charge in [0.25, 0.3) is 0 Å². The lowest BCUT2D eigenvalue weighted by Gasteiger charge is -2.23. The van der Waals surface area contributed by atoms with Crippen molar-refractivity contribution in [2.45, 2.75) is 90.5 Å². The van der Waals surface area contributed by atoms with E-state index in [4.69, 9.17) is 9.47 Å². The number of aromatic nitrogens is 1. The second kappa shape index (κ2) is 18.5. The number of amides is 1. The van der Waals surface area contributed by atoms with Crippen LogP contribution in [0.15, 0.2) is 42.6 Å². The molecule has 0 radical (unpaired) electrons. The average Bonchev–Trinajstić information content (AvgIpc) is 2.91. The topological polar surface area (TPSA) is 63.7 Å². The molecular weight excluding hydrogens is 450 g/mol. The molecule has 0 aliphatic heterocycles. The van der Waals surface area contributed by atoms with E-state index in [2.05, 4.69) is 17.2 Å². The Balaban J connectivity index is 1.80. The van der Waals surface area contributed by atoms with Gasteiger partial charge in [0.15, 0.2) is 11.5 Å². The first-order valence-corrected chi connectivity index (χ1v) is 13.8. The largest absolute Gasteiger partial charge is 0.493 e. The highest BCUT2D eigenvalue weighted by atomic mass is 16.5. The molecule has 200 valence electrons. The number of pyridine rings is 1. The van der Waals surface area contributed by atoms with E-state index in [0.717, 1.165) is 63.0 Å². The number of hydrogen-bond donors (Lipinski definition) is 1. The maximum Gasteiger partial charge on any atom is 0.222 e. The molecule has 0 aliphatic rings. The maximum absolute atomic E-state index is 13.1. The van der Waals surface area contributed by atoms with Crippen LogP contribution in [0.1, 0.15) is 89.5 Å². The van der Waals surface area contributed by atoms with Crippen molar-refractivity contribution >= 4 is 11.7 Å². The Bertz CT molecular complexity index is 845. The number of carbonyl (C=O) groups is 1. The fourth-order valence-electron chi connectivity index (χ4n) is 4.35. The van der Waals surface area contributed by atoms with E-state index < -0.39 is 0 Å². The summed E-state index contributed by atoms with van der Waals surface area (Å²) in [5.74, 6) is 2.60. The van der Waals surface area contributed by atoms with E-state index in [1.165, 1.54) is 32.1 Å². The molecule has 0 spiro atoms. The van der Waals surface area contributed by atoms with Crippen molar-refractivity contribution in [1.29, 1.82) is 0 Å². The Morgan fingerprint density at radius 1 is 0.861 bits per heavy atom. The van der Waals surface area contributed by atoms with Crippen LogP contribution in [0.5, 0.6) is 11.5 Å². The van der Waals surface area contributed by atoms with Crippen molar-refractivity contribution in [2.75, 3.05) is 32.6 Å². The molecule has 6 heteroatoms. The highest BCUT2D eigenvalue weighted by Crippen LogP contribution is 2.28. The number of nitrogens with zero attached hydrogens (tertiary/aromatic N) is 2. The number of anilines is 1. The van der Waals surface area contributed by atoms with Crippen molar-refractivity contribution in [3.8, 4) is 11.5 Å². The van der Waals surface area contributed by atoms with E-state index in [0.29, 0.717) is 24.5 Å². The van der Waals surface area contributed by atoms with Gasteiger partial charge < -0.3 is 19.7 Å². The van der Waals surface area contributed by atoms with Gasteiger partial charge in [-0.2, -0.15) is 0 Å². The van der Waals surface area contributed by atoms with Crippen molar-refractivity contribution in [3.05, 3.63) is 48.2 Å². The van der Waals surface area contributed by atoms with Crippen molar-refractivity contribution in [1.82, 2.24) is 9.88 Å². The molecule has 1 heterocycles. The zero-order valence-electron chi connectivity index (χ0n) is 22.8. The number of unbranched alkanes of at least 4 members (excludes halogenated alkanes) is 9. The second-order valence-corrected chi connectivity index (χ2v) is 9.43. The molecule has 1 aromatic carbocycles. The third-order valence-corrected chi connectivity index (χ3v) is 6.49. The summed E-state index contributed by atoms with van der Waals surface area (Å²) < 4.78 is 10.8. The van der Waals surface area contributed by atoms with Crippen LogP contribution in [-0.4, -0.2) is 43.1 Å². The van der Waals surface area contributed by atoms with Gasteiger partial charge in [-0.15, -0.1) is 0 Å². The van der Waals surface area contributed by atoms with Crippen LogP contribution in [0.2, 0.25) is 0 Å². The Labute approximate surface area is 218 Å². The average molecular weight is 498 g/mol.